The monoisotopic (exact) mass is 729 g/mol. The molecule has 5 rings (SSSR count). The molecule has 0 aliphatic carbocycles. The van der Waals surface area contributed by atoms with Gasteiger partial charge in [0.1, 0.15) is 35.6 Å². The molecule has 0 unspecified atom stereocenters. The van der Waals surface area contributed by atoms with Gasteiger partial charge in [0.25, 0.3) is 11.8 Å². The number of ether oxygens (including phenoxy) is 3. The van der Waals surface area contributed by atoms with E-state index >= 15 is 0 Å². The standard InChI is InChI=1S/C32H36BrN5O10/c1-37-10-3-11-38(13-12-37)19-6-4-17(5-7-19)29(42)36-24-21(30(43)35-23-9-8-20(46-2)16-34-23)14-18(33)15-22(24)47-32-27(41)25(39)26(40)28(48-32)31(44)45/h4-9,14-16,25-28,32,39-41H,3,10-13H2,1-2H3,(H,36,42)(H,44,45)(H,34,35,43)/t25-,26-,27+,28-,32+/m0/s1. The Labute approximate surface area is 284 Å². The molecule has 5 atom stereocenters. The maximum absolute atomic E-state index is 13.6. The molecule has 2 saturated heterocycles. The Morgan fingerprint density at radius 2 is 1.69 bits per heavy atom. The molecule has 48 heavy (non-hydrogen) atoms. The average Bonchev–Trinajstić information content (AvgIpc) is 3.30. The van der Waals surface area contributed by atoms with E-state index in [2.05, 4.69) is 48.4 Å². The number of carbonyl (C=O) groups is 3. The van der Waals surface area contributed by atoms with Crippen molar-refractivity contribution in [1.29, 1.82) is 0 Å². The highest BCUT2D eigenvalue weighted by Gasteiger charge is 2.48. The lowest BCUT2D eigenvalue weighted by Crippen LogP contribution is -2.61. The van der Waals surface area contributed by atoms with Gasteiger partial charge in [-0.15, -0.1) is 0 Å². The number of hydrogen-bond acceptors (Lipinski definition) is 12. The molecule has 0 radical (unpaired) electrons. The van der Waals surface area contributed by atoms with Crippen LogP contribution < -0.4 is 25.0 Å². The maximum atomic E-state index is 13.6. The highest BCUT2D eigenvalue weighted by atomic mass is 79.9. The molecule has 2 aliphatic heterocycles. The summed E-state index contributed by atoms with van der Waals surface area (Å²) in [5.74, 6) is -2.50. The number of carboxylic acids is 1. The van der Waals surface area contributed by atoms with Crippen LogP contribution in [0.25, 0.3) is 0 Å². The van der Waals surface area contributed by atoms with Gasteiger partial charge < -0.3 is 55.1 Å². The molecule has 2 fully saturated rings. The first-order valence-corrected chi connectivity index (χ1v) is 15.8. The summed E-state index contributed by atoms with van der Waals surface area (Å²) in [5.41, 5.74) is 0.966. The number of likely N-dealkylation sites (N-methyl/N-ethyl adjacent to an activating group) is 1. The average molecular weight is 731 g/mol. The van der Waals surface area contributed by atoms with Gasteiger partial charge in [0.05, 0.1) is 24.6 Å². The van der Waals surface area contributed by atoms with E-state index in [0.717, 1.165) is 38.3 Å². The number of halogens is 1. The third-order valence-electron chi connectivity index (χ3n) is 8.03. The SMILES string of the molecule is COc1ccc(NC(=O)c2cc(Br)cc(O[C@@H]3O[C@H](C(=O)O)[C@@H](O)[C@H](O)[C@H]3O)c2NC(=O)c2ccc(N3CCCN(C)CC3)cc2)nc1. The van der Waals surface area contributed by atoms with E-state index in [1.807, 2.05) is 12.1 Å². The van der Waals surface area contributed by atoms with Crippen molar-refractivity contribution in [2.45, 2.75) is 37.1 Å². The zero-order valence-electron chi connectivity index (χ0n) is 26.1. The third-order valence-corrected chi connectivity index (χ3v) is 8.49. The zero-order valence-corrected chi connectivity index (χ0v) is 27.7. The van der Waals surface area contributed by atoms with Crippen LogP contribution in [0.3, 0.4) is 0 Å². The second-order valence-electron chi connectivity index (χ2n) is 11.4. The van der Waals surface area contributed by atoms with Gasteiger partial charge in [0, 0.05) is 35.4 Å². The van der Waals surface area contributed by atoms with E-state index in [4.69, 9.17) is 14.2 Å². The first-order valence-electron chi connectivity index (χ1n) is 15.0. The summed E-state index contributed by atoms with van der Waals surface area (Å²) < 4.78 is 16.5. The number of aliphatic hydroxyl groups excluding tert-OH is 3. The molecule has 16 heteroatoms. The van der Waals surface area contributed by atoms with Crippen molar-refractivity contribution >= 4 is 50.9 Å². The van der Waals surface area contributed by atoms with Gasteiger partial charge >= 0.3 is 5.97 Å². The quantitative estimate of drug-likeness (QED) is 0.186. The lowest BCUT2D eigenvalue weighted by atomic mass is 9.99. The van der Waals surface area contributed by atoms with Crippen LogP contribution in [0, 0.1) is 0 Å². The topological polar surface area (TPSA) is 203 Å². The summed E-state index contributed by atoms with van der Waals surface area (Å²) in [6, 6.07) is 12.9. The van der Waals surface area contributed by atoms with Crippen LogP contribution in [0.1, 0.15) is 27.1 Å². The third kappa shape index (κ3) is 8.03. The number of carboxylic acid groups (broad SMARTS) is 1. The molecule has 0 bridgehead atoms. The van der Waals surface area contributed by atoms with Gasteiger partial charge in [-0.2, -0.15) is 0 Å². The van der Waals surface area contributed by atoms with E-state index in [-0.39, 0.29) is 28.4 Å². The highest BCUT2D eigenvalue weighted by molar-refractivity contribution is 9.10. The Kier molecular flexibility index (Phi) is 11.1. The number of benzene rings is 2. The van der Waals surface area contributed by atoms with E-state index in [9.17, 15) is 34.8 Å². The Hall–Kier alpha value is -4.32. The summed E-state index contributed by atoms with van der Waals surface area (Å²) in [6.07, 6.45) is -7.14. The van der Waals surface area contributed by atoms with Crippen LogP contribution in [-0.2, 0) is 9.53 Å². The summed E-state index contributed by atoms with van der Waals surface area (Å²) in [5, 5.41) is 45.9. The number of amides is 2. The number of aliphatic hydroxyl groups is 3. The van der Waals surface area contributed by atoms with Crippen LogP contribution in [0.15, 0.2) is 59.2 Å². The van der Waals surface area contributed by atoms with Crippen LogP contribution in [0.2, 0.25) is 0 Å². The largest absolute Gasteiger partial charge is 0.495 e. The molecule has 0 spiro atoms. The molecule has 0 saturated carbocycles. The van der Waals surface area contributed by atoms with Crippen molar-refractivity contribution in [2.75, 3.05) is 55.9 Å². The molecule has 15 nitrogen and oxygen atoms in total. The Bertz CT molecular complexity index is 1630. The van der Waals surface area contributed by atoms with Crippen LogP contribution >= 0.6 is 15.9 Å². The molecular weight excluding hydrogens is 694 g/mol. The molecule has 3 heterocycles. The Morgan fingerprint density at radius 1 is 0.938 bits per heavy atom. The van der Waals surface area contributed by atoms with E-state index < -0.39 is 48.5 Å². The number of hydrogen-bond donors (Lipinski definition) is 6. The highest BCUT2D eigenvalue weighted by Crippen LogP contribution is 2.36. The van der Waals surface area contributed by atoms with Crippen molar-refractivity contribution in [1.82, 2.24) is 9.88 Å². The minimum Gasteiger partial charge on any atom is -0.495 e. The normalized spacial score (nSPS) is 23.1. The van der Waals surface area contributed by atoms with Gasteiger partial charge in [0.2, 0.25) is 6.29 Å². The van der Waals surface area contributed by atoms with Crippen molar-refractivity contribution in [3.8, 4) is 11.5 Å². The van der Waals surface area contributed by atoms with Gasteiger partial charge in [-0.05, 0) is 68.5 Å². The second kappa shape index (κ2) is 15.3. The van der Waals surface area contributed by atoms with E-state index in [1.54, 1.807) is 18.2 Å². The number of nitrogens with zero attached hydrogens (tertiary/aromatic N) is 3. The van der Waals surface area contributed by atoms with Gasteiger partial charge in [0.15, 0.2) is 6.10 Å². The first-order chi connectivity index (χ1) is 22.9. The predicted molar refractivity (Wildman–Crippen MR) is 177 cm³/mol. The summed E-state index contributed by atoms with van der Waals surface area (Å²) in [7, 11) is 3.55. The molecule has 2 aliphatic rings. The first kappa shape index (κ1) is 35.0. The Morgan fingerprint density at radius 3 is 2.35 bits per heavy atom. The second-order valence-corrected chi connectivity index (χ2v) is 12.3. The fraction of sp³-hybridized carbons (Fsp3) is 0.375. The van der Waals surface area contributed by atoms with E-state index in [1.165, 1.54) is 31.5 Å². The summed E-state index contributed by atoms with van der Waals surface area (Å²) in [6.45, 7) is 3.62. The summed E-state index contributed by atoms with van der Waals surface area (Å²) in [4.78, 5) is 47.6. The van der Waals surface area contributed by atoms with Crippen LogP contribution in [-0.4, -0.2) is 119 Å². The number of aliphatic carboxylic acids is 1. The van der Waals surface area contributed by atoms with Gasteiger partial charge in [-0.25, -0.2) is 9.78 Å². The van der Waals surface area contributed by atoms with Crippen molar-refractivity contribution in [3.63, 3.8) is 0 Å². The van der Waals surface area contributed by atoms with Gasteiger partial charge in [-0.1, -0.05) is 15.9 Å². The van der Waals surface area contributed by atoms with Gasteiger partial charge in [-0.3, -0.25) is 9.59 Å². The number of rotatable bonds is 9. The van der Waals surface area contributed by atoms with Crippen molar-refractivity contribution < 1.29 is 49.0 Å². The van der Waals surface area contributed by atoms with Crippen LogP contribution in [0.4, 0.5) is 17.2 Å². The molecule has 6 N–H and O–H groups in total. The fourth-order valence-electron chi connectivity index (χ4n) is 5.33. The lowest BCUT2D eigenvalue weighted by Gasteiger charge is -2.38. The maximum Gasteiger partial charge on any atom is 0.335 e. The van der Waals surface area contributed by atoms with Crippen molar-refractivity contribution in [3.05, 3.63) is 70.3 Å². The molecule has 2 amide bonds. The molecule has 2 aromatic carbocycles. The summed E-state index contributed by atoms with van der Waals surface area (Å²) >= 11 is 3.32. The number of pyridine rings is 1. The molecule has 3 aromatic rings. The zero-order chi connectivity index (χ0) is 34.5. The van der Waals surface area contributed by atoms with Crippen molar-refractivity contribution in [2.24, 2.45) is 0 Å². The number of anilines is 3. The lowest BCUT2D eigenvalue weighted by molar-refractivity contribution is -0.271. The number of aromatic nitrogens is 1. The molecular formula is C32H36BrN5O10. The fourth-order valence-corrected chi connectivity index (χ4v) is 5.77. The molecule has 1 aromatic heterocycles. The van der Waals surface area contributed by atoms with Crippen LogP contribution in [0.5, 0.6) is 11.5 Å². The number of nitrogens with one attached hydrogen (secondary N) is 2. The number of methoxy groups -OCH3 is 1. The molecule has 256 valence electrons. The minimum atomic E-state index is -1.95. The minimum absolute atomic E-state index is 0.101. The smallest absolute Gasteiger partial charge is 0.335 e. The number of carbonyl (C=O) groups excluding carboxylic acids is 2. The Balaban J connectivity index is 1.46. The van der Waals surface area contributed by atoms with E-state index in [0.29, 0.717) is 10.2 Å². The predicted octanol–water partition coefficient (Wildman–Crippen LogP) is 1.77.